The van der Waals surface area contributed by atoms with Crippen LogP contribution in [0.15, 0.2) is 65.8 Å². The maximum atomic E-state index is 13.0. The maximum absolute atomic E-state index is 13.0. The van der Waals surface area contributed by atoms with E-state index in [1.807, 2.05) is 37.4 Å². The van der Waals surface area contributed by atoms with Crippen LogP contribution in [0, 0.1) is 0 Å². The zero-order chi connectivity index (χ0) is 25.3. The van der Waals surface area contributed by atoms with Crippen molar-refractivity contribution in [1.29, 1.82) is 0 Å². The standard InChI is InChI=1S/C28H34ClN5OS/c1-3-14-33(2)26-18-25(29)31-28(32-26)36-20-22-10-7-11-23(17-22)27(35)30-24-12-15-34(16-13-24)19-21-8-5-4-6-9-21/h4-11,17-18,24H,3,12-16,19-20H2,1-2H3,(H,30,35). The fraction of sp³-hybridized carbons (Fsp3) is 0.393. The summed E-state index contributed by atoms with van der Waals surface area (Å²) in [5.74, 6) is 1.48. The molecule has 0 atom stereocenters. The number of carbonyl (C=O) groups excluding carboxylic acids is 1. The van der Waals surface area contributed by atoms with Crippen LogP contribution >= 0.6 is 23.4 Å². The lowest BCUT2D eigenvalue weighted by Gasteiger charge is -2.32. The Hall–Kier alpha value is -2.61. The number of nitrogens with one attached hydrogen (secondary N) is 1. The Morgan fingerprint density at radius 1 is 1.08 bits per heavy atom. The van der Waals surface area contributed by atoms with Gasteiger partial charge < -0.3 is 10.2 Å². The van der Waals surface area contributed by atoms with Gasteiger partial charge in [-0.1, -0.05) is 72.8 Å². The molecule has 4 rings (SSSR count). The van der Waals surface area contributed by atoms with Gasteiger partial charge in [0.05, 0.1) is 0 Å². The third-order valence-electron chi connectivity index (χ3n) is 6.34. The molecule has 0 saturated carbocycles. The van der Waals surface area contributed by atoms with Gasteiger partial charge in [-0.15, -0.1) is 0 Å². The van der Waals surface area contributed by atoms with E-state index in [1.54, 1.807) is 6.07 Å². The van der Waals surface area contributed by atoms with E-state index in [9.17, 15) is 4.79 Å². The number of hydrogen-bond donors (Lipinski definition) is 1. The van der Waals surface area contributed by atoms with Crippen LogP contribution in [0.4, 0.5) is 5.82 Å². The van der Waals surface area contributed by atoms with Crippen LogP contribution in [-0.4, -0.2) is 53.5 Å². The van der Waals surface area contributed by atoms with Crippen LogP contribution in [0.25, 0.3) is 0 Å². The van der Waals surface area contributed by atoms with Crippen molar-refractivity contribution in [3.05, 3.63) is 82.5 Å². The van der Waals surface area contributed by atoms with Gasteiger partial charge in [-0.3, -0.25) is 9.69 Å². The monoisotopic (exact) mass is 523 g/mol. The molecule has 0 aliphatic carbocycles. The number of amides is 1. The molecule has 0 bridgehead atoms. The molecular weight excluding hydrogens is 490 g/mol. The zero-order valence-electron chi connectivity index (χ0n) is 21.0. The summed E-state index contributed by atoms with van der Waals surface area (Å²) in [5, 5.41) is 4.31. The average molecular weight is 524 g/mol. The summed E-state index contributed by atoms with van der Waals surface area (Å²) in [6.45, 7) is 5.98. The highest BCUT2D eigenvalue weighted by atomic mass is 35.5. The minimum atomic E-state index is -0.00848. The van der Waals surface area contributed by atoms with E-state index in [0.717, 1.165) is 56.8 Å². The van der Waals surface area contributed by atoms with Gasteiger partial charge in [0.1, 0.15) is 11.0 Å². The largest absolute Gasteiger partial charge is 0.360 e. The molecule has 1 fully saturated rings. The number of halogens is 1. The normalized spacial score (nSPS) is 14.5. The first-order valence-electron chi connectivity index (χ1n) is 12.5. The summed E-state index contributed by atoms with van der Waals surface area (Å²) in [4.78, 5) is 26.5. The minimum absolute atomic E-state index is 0.00848. The first kappa shape index (κ1) is 26.5. The van der Waals surface area contributed by atoms with Crippen molar-refractivity contribution >= 4 is 35.1 Å². The number of carbonyl (C=O) groups is 1. The molecule has 1 saturated heterocycles. The van der Waals surface area contributed by atoms with Gasteiger partial charge in [-0.25, -0.2) is 9.97 Å². The number of hydrogen-bond acceptors (Lipinski definition) is 6. The Labute approximate surface area is 223 Å². The summed E-state index contributed by atoms with van der Waals surface area (Å²) in [6, 6.07) is 20.4. The van der Waals surface area contributed by atoms with Crippen LogP contribution < -0.4 is 10.2 Å². The quantitative estimate of drug-likeness (QED) is 0.210. The second kappa shape index (κ2) is 13.1. The fourth-order valence-corrected chi connectivity index (χ4v) is 5.42. The van der Waals surface area contributed by atoms with Crippen molar-refractivity contribution in [2.24, 2.45) is 0 Å². The first-order chi connectivity index (χ1) is 17.5. The van der Waals surface area contributed by atoms with E-state index in [2.05, 4.69) is 56.3 Å². The van der Waals surface area contributed by atoms with Crippen molar-refractivity contribution in [1.82, 2.24) is 20.2 Å². The van der Waals surface area contributed by atoms with Crippen molar-refractivity contribution < 1.29 is 4.79 Å². The van der Waals surface area contributed by atoms with E-state index in [-0.39, 0.29) is 11.9 Å². The summed E-state index contributed by atoms with van der Waals surface area (Å²) in [5.41, 5.74) is 3.08. The number of aromatic nitrogens is 2. The highest BCUT2D eigenvalue weighted by Crippen LogP contribution is 2.25. The van der Waals surface area contributed by atoms with Gasteiger partial charge in [-0.05, 0) is 42.5 Å². The fourth-order valence-electron chi connectivity index (χ4n) is 4.39. The molecule has 1 amide bonds. The first-order valence-corrected chi connectivity index (χ1v) is 13.9. The Bertz CT molecular complexity index is 1140. The molecule has 3 aromatic rings. The number of anilines is 1. The maximum Gasteiger partial charge on any atom is 0.251 e. The highest BCUT2D eigenvalue weighted by Gasteiger charge is 2.21. The third kappa shape index (κ3) is 7.69. The molecule has 6 nitrogen and oxygen atoms in total. The Kier molecular flexibility index (Phi) is 9.61. The lowest BCUT2D eigenvalue weighted by atomic mass is 10.0. The van der Waals surface area contributed by atoms with Gasteiger partial charge in [0.25, 0.3) is 5.91 Å². The van der Waals surface area contributed by atoms with Crippen molar-refractivity contribution in [3.63, 3.8) is 0 Å². The Morgan fingerprint density at radius 2 is 1.83 bits per heavy atom. The average Bonchev–Trinajstić information content (AvgIpc) is 2.89. The molecule has 0 unspecified atom stereocenters. The number of thioether (sulfide) groups is 1. The van der Waals surface area contributed by atoms with Crippen LogP contribution in [-0.2, 0) is 12.3 Å². The zero-order valence-corrected chi connectivity index (χ0v) is 22.6. The van der Waals surface area contributed by atoms with Gasteiger partial charge in [0, 0.05) is 56.7 Å². The number of rotatable bonds is 10. The van der Waals surface area contributed by atoms with Gasteiger partial charge in [-0.2, -0.15) is 0 Å². The van der Waals surface area contributed by atoms with Gasteiger partial charge in [0.2, 0.25) is 0 Å². The van der Waals surface area contributed by atoms with Crippen LogP contribution in [0.1, 0.15) is 47.7 Å². The van der Waals surface area contributed by atoms with Crippen molar-refractivity contribution in [2.75, 3.05) is 31.6 Å². The number of nitrogens with zero attached hydrogens (tertiary/aromatic N) is 4. The second-order valence-corrected chi connectivity index (χ2v) is 10.6. The van der Waals surface area contributed by atoms with Crippen molar-refractivity contribution in [3.8, 4) is 0 Å². The van der Waals surface area contributed by atoms with E-state index in [0.29, 0.717) is 21.6 Å². The summed E-state index contributed by atoms with van der Waals surface area (Å²) >= 11 is 7.76. The molecule has 8 heteroatoms. The van der Waals surface area contributed by atoms with E-state index in [1.165, 1.54) is 17.3 Å². The molecule has 2 aromatic carbocycles. The molecule has 1 N–H and O–H groups in total. The predicted molar refractivity (Wildman–Crippen MR) is 149 cm³/mol. The number of likely N-dealkylation sites (tertiary alicyclic amines) is 1. The van der Waals surface area contributed by atoms with Crippen molar-refractivity contribution in [2.45, 2.75) is 49.7 Å². The smallest absolute Gasteiger partial charge is 0.251 e. The second-order valence-electron chi connectivity index (χ2n) is 9.25. The predicted octanol–water partition coefficient (Wildman–Crippen LogP) is 5.66. The number of piperidine rings is 1. The lowest BCUT2D eigenvalue weighted by molar-refractivity contribution is 0.0909. The summed E-state index contributed by atoms with van der Waals surface area (Å²) in [6.07, 6.45) is 2.96. The molecule has 1 aromatic heterocycles. The molecule has 2 heterocycles. The molecule has 1 aliphatic rings. The molecule has 36 heavy (non-hydrogen) atoms. The van der Waals surface area contributed by atoms with E-state index < -0.39 is 0 Å². The molecular formula is C28H34ClN5OS. The molecule has 1 aliphatic heterocycles. The lowest BCUT2D eigenvalue weighted by Crippen LogP contribution is -2.44. The Balaban J connectivity index is 1.29. The summed E-state index contributed by atoms with van der Waals surface area (Å²) in [7, 11) is 2.01. The molecule has 0 radical (unpaired) electrons. The minimum Gasteiger partial charge on any atom is -0.360 e. The third-order valence-corrected chi connectivity index (χ3v) is 7.45. The molecule has 0 spiro atoms. The Morgan fingerprint density at radius 3 is 2.58 bits per heavy atom. The highest BCUT2D eigenvalue weighted by molar-refractivity contribution is 7.98. The van der Waals surface area contributed by atoms with Gasteiger partial charge in [0.15, 0.2) is 5.16 Å². The number of benzene rings is 2. The van der Waals surface area contributed by atoms with Crippen LogP contribution in [0.5, 0.6) is 0 Å². The topological polar surface area (TPSA) is 61.4 Å². The SMILES string of the molecule is CCCN(C)c1cc(Cl)nc(SCc2cccc(C(=O)NC3CCN(Cc4ccccc4)CC3)c2)n1. The van der Waals surface area contributed by atoms with Gasteiger partial charge >= 0.3 is 0 Å². The van der Waals surface area contributed by atoms with E-state index >= 15 is 0 Å². The summed E-state index contributed by atoms with van der Waals surface area (Å²) < 4.78 is 0. The van der Waals surface area contributed by atoms with Crippen LogP contribution in [0.2, 0.25) is 5.15 Å². The van der Waals surface area contributed by atoms with Crippen LogP contribution in [0.3, 0.4) is 0 Å². The molecule has 190 valence electrons. The van der Waals surface area contributed by atoms with E-state index in [4.69, 9.17) is 11.6 Å².